The van der Waals surface area contributed by atoms with E-state index >= 15 is 0 Å². The number of H-pyrrole nitrogens is 1. The molecule has 0 aliphatic carbocycles. The number of hydrogen-bond acceptors (Lipinski definition) is 2. The average Bonchev–Trinajstić information content (AvgIpc) is 3.17. The van der Waals surface area contributed by atoms with Crippen LogP contribution in [0.2, 0.25) is 0 Å². The van der Waals surface area contributed by atoms with Gasteiger partial charge in [0.2, 0.25) is 0 Å². The maximum atomic E-state index is 4.35. The van der Waals surface area contributed by atoms with Gasteiger partial charge in [-0.3, -0.25) is 4.90 Å². The number of hydrogen-bond donors (Lipinski definition) is 1. The first-order valence-electron chi connectivity index (χ1n) is 7.64. The molecule has 0 radical (unpaired) electrons. The van der Waals surface area contributed by atoms with E-state index in [1.807, 2.05) is 18.5 Å². The van der Waals surface area contributed by atoms with Crippen LogP contribution in [0.3, 0.4) is 0 Å². The normalized spacial score (nSPS) is 15.8. The molecule has 21 heavy (non-hydrogen) atoms. The van der Waals surface area contributed by atoms with Crippen molar-refractivity contribution >= 4 is 11.0 Å². The zero-order chi connectivity index (χ0) is 14.1. The largest absolute Gasteiger partial charge is 0.346 e. The maximum absolute atomic E-state index is 4.35. The van der Waals surface area contributed by atoms with Gasteiger partial charge in [0.15, 0.2) is 0 Å². The molecule has 1 N–H and O–H groups in total. The van der Waals surface area contributed by atoms with E-state index < -0.39 is 0 Å². The summed E-state index contributed by atoms with van der Waals surface area (Å²) in [5.74, 6) is 0. The van der Waals surface area contributed by atoms with Crippen LogP contribution >= 0.6 is 0 Å². The third-order valence-corrected chi connectivity index (χ3v) is 4.32. The molecule has 3 aromatic rings. The van der Waals surface area contributed by atoms with E-state index in [0.29, 0.717) is 0 Å². The fraction of sp³-hybridized carbons (Fsp3) is 0.278. The smallest absolute Gasteiger partial charge is 0.137 e. The van der Waals surface area contributed by atoms with Crippen LogP contribution in [0.4, 0.5) is 0 Å². The van der Waals surface area contributed by atoms with Crippen LogP contribution in [0, 0.1) is 0 Å². The molecule has 0 unspecified atom stereocenters. The van der Waals surface area contributed by atoms with Crippen molar-refractivity contribution in [1.29, 1.82) is 0 Å². The fourth-order valence-electron chi connectivity index (χ4n) is 3.18. The van der Waals surface area contributed by atoms with Crippen molar-refractivity contribution in [3.8, 4) is 11.1 Å². The molecule has 1 aromatic carbocycles. The van der Waals surface area contributed by atoms with E-state index in [9.17, 15) is 0 Å². The molecule has 3 heteroatoms. The quantitative estimate of drug-likeness (QED) is 0.789. The Hall–Kier alpha value is -2.13. The summed E-state index contributed by atoms with van der Waals surface area (Å²) in [6.45, 7) is 3.57. The van der Waals surface area contributed by atoms with Crippen molar-refractivity contribution in [1.82, 2.24) is 14.9 Å². The summed E-state index contributed by atoms with van der Waals surface area (Å²) in [5, 5.41) is 1.18. The third kappa shape index (κ3) is 2.45. The van der Waals surface area contributed by atoms with E-state index in [0.717, 1.165) is 12.2 Å². The summed E-state index contributed by atoms with van der Waals surface area (Å²) in [6, 6.07) is 13.1. The molecule has 1 saturated heterocycles. The lowest BCUT2D eigenvalue weighted by Crippen LogP contribution is -2.18. The first-order chi connectivity index (χ1) is 10.4. The Morgan fingerprint density at radius 1 is 1.05 bits per heavy atom. The number of nitrogens with zero attached hydrogens (tertiary/aromatic N) is 2. The number of pyridine rings is 1. The zero-order valence-electron chi connectivity index (χ0n) is 12.0. The second-order valence-corrected chi connectivity index (χ2v) is 5.78. The van der Waals surface area contributed by atoms with E-state index in [1.54, 1.807) is 0 Å². The first-order valence-corrected chi connectivity index (χ1v) is 7.64. The molecule has 1 aliphatic rings. The SMILES string of the molecule is c1cnc2[nH]cc(-c3ccc(CN4CCCC4)cc3)c2c1. The predicted molar refractivity (Wildman–Crippen MR) is 86.0 cm³/mol. The number of rotatable bonds is 3. The van der Waals surface area contributed by atoms with Gasteiger partial charge >= 0.3 is 0 Å². The Kier molecular flexibility index (Phi) is 3.20. The molecule has 3 nitrogen and oxygen atoms in total. The van der Waals surface area contributed by atoms with Gasteiger partial charge in [-0.2, -0.15) is 0 Å². The Bertz CT molecular complexity index is 737. The van der Waals surface area contributed by atoms with Crippen molar-refractivity contribution in [2.75, 3.05) is 13.1 Å². The van der Waals surface area contributed by atoms with E-state index in [4.69, 9.17) is 0 Å². The molecular weight excluding hydrogens is 258 g/mol. The van der Waals surface area contributed by atoms with Gasteiger partial charge in [-0.25, -0.2) is 4.98 Å². The molecule has 2 aromatic heterocycles. The number of aromatic nitrogens is 2. The minimum absolute atomic E-state index is 0.952. The highest BCUT2D eigenvalue weighted by Crippen LogP contribution is 2.27. The van der Waals surface area contributed by atoms with Crippen LogP contribution in [-0.2, 0) is 6.54 Å². The van der Waals surface area contributed by atoms with Gasteiger partial charge in [-0.1, -0.05) is 24.3 Å². The van der Waals surface area contributed by atoms with Crippen LogP contribution in [0.5, 0.6) is 0 Å². The molecule has 3 heterocycles. The van der Waals surface area contributed by atoms with Crippen molar-refractivity contribution in [2.45, 2.75) is 19.4 Å². The minimum atomic E-state index is 0.952. The monoisotopic (exact) mass is 277 g/mol. The number of benzene rings is 1. The van der Waals surface area contributed by atoms with E-state index in [2.05, 4.69) is 45.2 Å². The highest BCUT2D eigenvalue weighted by atomic mass is 15.1. The lowest BCUT2D eigenvalue weighted by atomic mass is 10.0. The van der Waals surface area contributed by atoms with Gasteiger partial charge in [-0.05, 0) is 49.2 Å². The highest BCUT2D eigenvalue weighted by Gasteiger charge is 2.12. The van der Waals surface area contributed by atoms with Gasteiger partial charge in [-0.15, -0.1) is 0 Å². The molecule has 1 aliphatic heterocycles. The Morgan fingerprint density at radius 2 is 1.86 bits per heavy atom. The van der Waals surface area contributed by atoms with Gasteiger partial charge in [0, 0.05) is 29.9 Å². The fourth-order valence-corrected chi connectivity index (χ4v) is 3.18. The first kappa shape index (κ1) is 12.6. The summed E-state index contributed by atoms with van der Waals surface area (Å²) in [5.41, 5.74) is 4.83. The molecule has 1 fully saturated rings. The Morgan fingerprint density at radius 3 is 2.67 bits per heavy atom. The zero-order valence-corrected chi connectivity index (χ0v) is 12.0. The van der Waals surface area contributed by atoms with Gasteiger partial charge < -0.3 is 4.98 Å². The third-order valence-electron chi connectivity index (χ3n) is 4.32. The highest BCUT2D eigenvalue weighted by molar-refractivity contribution is 5.93. The standard InChI is InChI=1S/C18H19N3/c1-2-11-21(10-1)13-14-5-7-15(8-6-14)17-12-20-18-16(17)4-3-9-19-18/h3-9,12H,1-2,10-11,13H2,(H,19,20). The molecule has 4 rings (SSSR count). The molecule has 0 spiro atoms. The Balaban J connectivity index is 1.61. The summed E-state index contributed by atoms with van der Waals surface area (Å²) < 4.78 is 0. The average molecular weight is 277 g/mol. The van der Waals surface area contributed by atoms with Crippen LogP contribution in [0.25, 0.3) is 22.2 Å². The van der Waals surface area contributed by atoms with E-state index in [1.165, 1.54) is 48.0 Å². The number of fused-ring (bicyclic) bond motifs is 1. The predicted octanol–water partition coefficient (Wildman–Crippen LogP) is 3.83. The second-order valence-electron chi connectivity index (χ2n) is 5.78. The van der Waals surface area contributed by atoms with Crippen LogP contribution in [0.15, 0.2) is 48.8 Å². The van der Waals surface area contributed by atoms with Gasteiger partial charge in [0.25, 0.3) is 0 Å². The second kappa shape index (κ2) is 5.34. The van der Waals surface area contributed by atoms with Gasteiger partial charge in [0.1, 0.15) is 5.65 Å². The van der Waals surface area contributed by atoms with Crippen LogP contribution in [-0.4, -0.2) is 28.0 Å². The minimum Gasteiger partial charge on any atom is -0.346 e. The van der Waals surface area contributed by atoms with Crippen molar-refractivity contribution in [3.05, 3.63) is 54.4 Å². The molecule has 0 bridgehead atoms. The van der Waals surface area contributed by atoms with Crippen LogP contribution in [0.1, 0.15) is 18.4 Å². The number of aromatic amines is 1. The lowest BCUT2D eigenvalue weighted by molar-refractivity contribution is 0.331. The molecule has 0 amide bonds. The van der Waals surface area contributed by atoms with E-state index in [-0.39, 0.29) is 0 Å². The van der Waals surface area contributed by atoms with Gasteiger partial charge in [0.05, 0.1) is 0 Å². The number of nitrogens with one attached hydrogen (secondary N) is 1. The molecule has 106 valence electrons. The van der Waals surface area contributed by atoms with Crippen LogP contribution < -0.4 is 0 Å². The number of likely N-dealkylation sites (tertiary alicyclic amines) is 1. The van der Waals surface area contributed by atoms with Crippen molar-refractivity contribution in [3.63, 3.8) is 0 Å². The summed E-state index contributed by atoms with van der Waals surface area (Å²) in [7, 11) is 0. The Labute approximate surface area is 124 Å². The molecule has 0 saturated carbocycles. The van der Waals surface area contributed by atoms with Crippen molar-refractivity contribution in [2.24, 2.45) is 0 Å². The molecular formula is C18H19N3. The summed E-state index contributed by atoms with van der Waals surface area (Å²) in [4.78, 5) is 10.1. The maximum Gasteiger partial charge on any atom is 0.137 e. The topological polar surface area (TPSA) is 31.9 Å². The lowest BCUT2D eigenvalue weighted by Gasteiger charge is -2.14. The van der Waals surface area contributed by atoms with Crippen molar-refractivity contribution < 1.29 is 0 Å². The summed E-state index contributed by atoms with van der Waals surface area (Å²) >= 11 is 0. The molecule has 0 atom stereocenters. The summed E-state index contributed by atoms with van der Waals surface area (Å²) in [6.07, 6.45) is 6.57.